The van der Waals surface area contributed by atoms with Crippen molar-refractivity contribution in [1.29, 1.82) is 0 Å². The highest BCUT2D eigenvalue weighted by Crippen LogP contribution is 2.21. The summed E-state index contributed by atoms with van der Waals surface area (Å²) >= 11 is 0. The lowest BCUT2D eigenvalue weighted by atomic mass is 10.1. The summed E-state index contributed by atoms with van der Waals surface area (Å²) in [4.78, 5) is 16.4. The fraction of sp³-hybridized carbons (Fsp3) is 0.235. The van der Waals surface area contributed by atoms with Crippen LogP contribution in [0.5, 0.6) is 0 Å². The normalized spacial score (nSPS) is 10.9. The molecular formula is C17H19N5O. The number of amides is 1. The second-order valence-corrected chi connectivity index (χ2v) is 5.57. The van der Waals surface area contributed by atoms with Gasteiger partial charge in [0.25, 0.3) is 0 Å². The molecule has 0 unspecified atom stereocenters. The summed E-state index contributed by atoms with van der Waals surface area (Å²) in [6, 6.07) is 13.8. The van der Waals surface area contributed by atoms with Crippen molar-refractivity contribution in [1.82, 2.24) is 19.9 Å². The van der Waals surface area contributed by atoms with Crippen LogP contribution in [0.4, 0.5) is 5.82 Å². The number of fused-ring (bicyclic) bond motifs is 1. The maximum absolute atomic E-state index is 11.8. The fourth-order valence-corrected chi connectivity index (χ4v) is 2.34. The van der Waals surface area contributed by atoms with E-state index in [1.54, 1.807) is 10.7 Å². The lowest BCUT2D eigenvalue weighted by molar-refractivity contribution is -0.119. The molecule has 6 nitrogen and oxygen atoms in total. The molecule has 3 aromatic rings. The van der Waals surface area contributed by atoms with E-state index < -0.39 is 0 Å². The van der Waals surface area contributed by atoms with E-state index in [1.807, 2.05) is 56.3 Å². The van der Waals surface area contributed by atoms with Crippen molar-refractivity contribution in [2.24, 2.45) is 0 Å². The molecule has 0 fully saturated rings. The molecule has 118 valence electrons. The molecule has 0 radical (unpaired) electrons. The van der Waals surface area contributed by atoms with Crippen molar-refractivity contribution in [3.05, 3.63) is 48.7 Å². The molecular weight excluding hydrogens is 290 g/mol. The van der Waals surface area contributed by atoms with Crippen LogP contribution >= 0.6 is 0 Å². The van der Waals surface area contributed by atoms with Gasteiger partial charge >= 0.3 is 0 Å². The first-order chi connectivity index (χ1) is 11.1. The highest BCUT2D eigenvalue weighted by molar-refractivity contribution is 5.81. The van der Waals surface area contributed by atoms with Gasteiger partial charge in [-0.15, -0.1) is 0 Å². The highest BCUT2D eigenvalue weighted by Gasteiger charge is 2.09. The van der Waals surface area contributed by atoms with Crippen LogP contribution in [-0.4, -0.2) is 33.1 Å². The van der Waals surface area contributed by atoms with Crippen molar-refractivity contribution in [2.75, 3.05) is 11.9 Å². The monoisotopic (exact) mass is 309 g/mol. The standard InChI is InChI=1S/C17H19N5O/c1-12(2)20-17(23)11-18-16-10-14(13-6-4-3-5-7-13)21-15-8-9-19-22(15)16/h3-10,12,18H,11H2,1-2H3,(H,20,23). The number of aromatic nitrogens is 3. The van der Waals surface area contributed by atoms with Crippen molar-refractivity contribution < 1.29 is 4.79 Å². The zero-order valence-corrected chi connectivity index (χ0v) is 13.2. The molecule has 3 rings (SSSR count). The van der Waals surface area contributed by atoms with Crippen LogP contribution in [0.25, 0.3) is 16.9 Å². The zero-order chi connectivity index (χ0) is 16.2. The largest absolute Gasteiger partial charge is 0.361 e. The SMILES string of the molecule is CC(C)NC(=O)CNc1cc(-c2ccccc2)nc2ccnn12. The summed E-state index contributed by atoms with van der Waals surface area (Å²) < 4.78 is 1.69. The Morgan fingerprint density at radius 3 is 2.74 bits per heavy atom. The Kier molecular flexibility index (Phi) is 4.23. The summed E-state index contributed by atoms with van der Waals surface area (Å²) in [6.07, 6.45) is 1.69. The van der Waals surface area contributed by atoms with Crippen LogP contribution in [0.1, 0.15) is 13.8 Å². The molecule has 6 heteroatoms. The Morgan fingerprint density at radius 1 is 1.22 bits per heavy atom. The Morgan fingerprint density at radius 2 is 2.00 bits per heavy atom. The molecule has 0 aliphatic carbocycles. The minimum Gasteiger partial charge on any atom is -0.361 e. The number of anilines is 1. The third-order valence-electron chi connectivity index (χ3n) is 3.31. The zero-order valence-electron chi connectivity index (χ0n) is 13.2. The minimum absolute atomic E-state index is 0.0571. The second kappa shape index (κ2) is 6.48. The van der Waals surface area contributed by atoms with E-state index in [2.05, 4.69) is 20.7 Å². The number of hydrogen-bond acceptors (Lipinski definition) is 4. The van der Waals surface area contributed by atoms with E-state index in [0.29, 0.717) is 0 Å². The topological polar surface area (TPSA) is 71.3 Å². The van der Waals surface area contributed by atoms with E-state index >= 15 is 0 Å². The van der Waals surface area contributed by atoms with Crippen molar-refractivity contribution in [3.8, 4) is 11.3 Å². The average Bonchev–Trinajstić information content (AvgIpc) is 3.01. The number of benzene rings is 1. The highest BCUT2D eigenvalue weighted by atomic mass is 16.1. The van der Waals surface area contributed by atoms with Crippen LogP contribution < -0.4 is 10.6 Å². The maximum Gasteiger partial charge on any atom is 0.239 e. The second-order valence-electron chi connectivity index (χ2n) is 5.57. The molecule has 0 bridgehead atoms. The number of nitrogens with one attached hydrogen (secondary N) is 2. The first kappa shape index (κ1) is 15.0. The van der Waals surface area contributed by atoms with Gasteiger partial charge in [-0.1, -0.05) is 30.3 Å². The molecule has 2 aromatic heterocycles. The third-order valence-corrected chi connectivity index (χ3v) is 3.31. The molecule has 0 aliphatic rings. The fourth-order valence-electron chi connectivity index (χ4n) is 2.34. The predicted molar refractivity (Wildman–Crippen MR) is 90.2 cm³/mol. The Hall–Kier alpha value is -2.89. The number of carbonyl (C=O) groups is 1. The molecule has 0 atom stereocenters. The Bertz CT molecular complexity index is 810. The minimum atomic E-state index is -0.0571. The molecule has 2 heterocycles. The first-order valence-corrected chi connectivity index (χ1v) is 7.57. The molecule has 2 N–H and O–H groups in total. The lowest BCUT2D eigenvalue weighted by Gasteiger charge is -2.12. The van der Waals surface area contributed by atoms with Crippen LogP contribution in [0.15, 0.2) is 48.7 Å². The van der Waals surface area contributed by atoms with E-state index in [4.69, 9.17) is 0 Å². The van der Waals surface area contributed by atoms with Crippen LogP contribution in [0, 0.1) is 0 Å². The van der Waals surface area contributed by atoms with Crippen molar-refractivity contribution in [2.45, 2.75) is 19.9 Å². The summed E-state index contributed by atoms with van der Waals surface area (Å²) in [7, 11) is 0. The number of rotatable bonds is 5. The van der Waals surface area contributed by atoms with Gasteiger partial charge in [0.15, 0.2) is 5.65 Å². The average molecular weight is 309 g/mol. The summed E-state index contributed by atoms with van der Waals surface area (Å²) in [5, 5.41) is 10.2. The van der Waals surface area contributed by atoms with E-state index in [-0.39, 0.29) is 18.5 Å². The van der Waals surface area contributed by atoms with Gasteiger partial charge in [-0.25, -0.2) is 4.98 Å². The predicted octanol–water partition coefficient (Wildman–Crippen LogP) is 2.33. The van der Waals surface area contributed by atoms with Crippen LogP contribution in [0.2, 0.25) is 0 Å². The van der Waals surface area contributed by atoms with Gasteiger partial charge < -0.3 is 10.6 Å². The maximum atomic E-state index is 11.8. The summed E-state index contributed by atoms with van der Waals surface area (Å²) in [5.74, 6) is 0.677. The van der Waals surface area contributed by atoms with Crippen molar-refractivity contribution >= 4 is 17.4 Å². The van der Waals surface area contributed by atoms with Crippen molar-refractivity contribution in [3.63, 3.8) is 0 Å². The van der Waals surface area contributed by atoms with Gasteiger partial charge in [-0.3, -0.25) is 4.79 Å². The summed E-state index contributed by atoms with van der Waals surface area (Å²) in [5.41, 5.74) is 2.59. The first-order valence-electron chi connectivity index (χ1n) is 7.57. The third kappa shape index (κ3) is 3.48. The number of carbonyl (C=O) groups excluding carboxylic acids is 1. The van der Waals surface area contributed by atoms with Gasteiger partial charge in [-0.2, -0.15) is 9.61 Å². The van der Waals surface area contributed by atoms with E-state index in [1.165, 1.54) is 0 Å². The molecule has 0 saturated heterocycles. The quantitative estimate of drug-likeness (QED) is 0.759. The van der Waals surface area contributed by atoms with E-state index in [0.717, 1.165) is 22.7 Å². The van der Waals surface area contributed by atoms with Gasteiger partial charge in [0.1, 0.15) is 5.82 Å². The molecule has 1 amide bonds. The van der Waals surface area contributed by atoms with Gasteiger partial charge in [-0.05, 0) is 13.8 Å². The lowest BCUT2D eigenvalue weighted by Crippen LogP contribution is -2.35. The van der Waals surface area contributed by atoms with Gasteiger partial charge in [0.2, 0.25) is 5.91 Å². The van der Waals surface area contributed by atoms with Gasteiger partial charge in [0.05, 0.1) is 18.4 Å². The molecule has 0 saturated carbocycles. The number of nitrogens with zero attached hydrogens (tertiary/aromatic N) is 3. The Balaban J connectivity index is 1.89. The Labute approximate surface area is 134 Å². The summed E-state index contributed by atoms with van der Waals surface area (Å²) in [6.45, 7) is 4.05. The molecule has 23 heavy (non-hydrogen) atoms. The van der Waals surface area contributed by atoms with Crippen LogP contribution in [0.3, 0.4) is 0 Å². The van der Waals surface area contributed by atoms with Crippen LogP contribution in [-0.2, 0) is 4.79 Å². The molecule has 0 aliphatic heterocycles. The smallest absolute Gasteiger partial charge is 0.239 e. The molecule has 1 aromatic carbocycles. The molecule has 0 spiro atoms. The van der Waals surface area contributed by atoms with Gasteiger partial charge in [0, 0.05) is 23.7 Å². The number of hydrogen-bond donors (Lipinski definition) is 2. The van der Waals surface area contributed by atoms with E-state index in [9.17, 15) is 4.79 Å².